The summed E-state index contributed by atoms with van der Waals surface area (Å²) in [5.41, 5.74) is 9.31. The first-order chi connectivity index (χ1) is 9.49. The van der Waals surface area contributed by atoms with Crippen molar-refractivity contribution in [2.75, 3.05) is 25.2 Å². The number of methoxy groups -OCH3 is 1. The Bertz CT molecular complexity index is 661. The van der Waals surface area contributed by atoms with Gasteiger partial charge in [-0.3, -0.25) is 0 Å². The second kappa shape index (κ2) is 5.24. The molecule has 0 aliphatic heterocycles. The van der Waals surface area contributed by atoms with Crippen LogP contribution in [0.4, 0.5) is 11.6 Å². The summed E-state index contributed by atoms with van der Waals surface area (Å²) in [6.07, 6.45) is 0. The van der Waals surface area contributed by atoms with Crippen molar-refractivity contribution in [2.24, 2.45) is 0 Å². The topological polar surface area (TPSA) is 82.2 Å². The number of carbonyl (C=O) groups excluding carboxylic acids is 1. The fourth-order valence-electron chi connectivity index (χ4n) is 2.14. The molecule has 6 nitrogen and oxygen atoms in total. The van der Waals surface area contributed by atoms with E-state index in [9.17, 15) is 4.79 Å². The molecule has 0 unspecified atom stereocenters. The first-order valence-corrected chi connectivity index (χ1v) is 6.21. The maximum atomic E-state index is 11.8. The van der Waals surface area contributed by atoms with Crippen LogP contribution in [-0.4, -0.2) is 29.9 Å². The zero-order valence-electron chi connectivity index (χ0n) is 12.0. The SMILES string of the molecule is CNc1nn(-c2ccc(C)cc2C)c(N)c1C(=O)OC. The Kier molecular flexibility index (Phi) is 3.65. The molecule has 20 heavy (non-hydrogen) atoms. The van der Waals surface area contributed by atoms with Gasteiger partial charge in [0.15, 0.2) is 5.82 Å². The molecule has 0 amide bonds. The average molecular weight is 274 g/mol. The molecule has 2 rings (SSSR count). The summed E-state index contributed by atoms with van der Waals surface area (Å²) in [5.74, 6) is 0.144. The molecule has 0 aliphatic rings. The lowest BCUT2D eigenvalue weighted by Gasteiger charge is -2.08. The Morgan fingerprint density at radius 3 is 2.65 bits per heavy atom. The predicted octanol–water partition coefficient (Wildman–Crippen LogP) is 1.90. The number of hydrogen-bond acceptors (Lipinski definition) is 5. The summed E-state index contributed by atoms with van der Waals surface area (Å²) in [6, 6.07) is 5.93. The standard InChI is InChI=1S/C14H18N4O2/c1-8-5-6-10(9(2)7-8)18-12(15)11(14(19)20-4)13(16-3)17-18/h5-7H,15H2,1-4H3,(H,16,17). The van der Waals surface area contributed by atoms with E-state index in [1.165, 1.54) is 7.11 Å². The molecule has 0 saturated carbocycles. The van der Waals surface area contributed by atoms with Gasteiger partial charge >= 0.3 is 5.97 Å². The van der Waals surface area contributed by atoms with Crippen LogP contribution in [0, 0.1) is 13.8 Å². The molecular weight excluding hydrogens is 256 g/mol. The summed E-state index contributed by atoms with van der Waals surface area (Å²) in [6.45, 7) is 3.99. The van der Waals surface area contributed by atoms with Crippen LogP contribution in [0.25, 0.3) is 5.69 Å². The van der Waals surface area contributed by atoms with Crippen molar-refractivity contribution in [1.82, 2.24) is 9.78 Å². The van der Waals surface area contributed by atoms with Gasteiger partial charge < -0.3 is 15.8 Å². The molecule has 106 valence electrons. The van der Waals surface area contributed by atoms with E-state index in [0.717, 1.165) is 16.8 Å². The lowest BCUT2D eigenvalue weighted by atomic mass is 10.1. The van der Waals surface area contributed by atoms with Crippen molar-refractivity contribution in [3.05, 3.63) is 34.9 Å². The van der Waals surface area contributed by atoms with Gasteiger partial charge in [-0.05, 0) is 25.5 Å². The van der Waals surface area contributed by atoms with E-state index >= 15 is 0 Å². The number of nitrogens with zero attached hydrogens (tertiary/aromatic N) is 2. The minimum atomic E-state index is -0.511. The highest BCUT2D eigenvalue weighted by atomic mass is 16.5. The molecule has 0 atom stereocenters. The van der Waals surface area contributed by atoms with Gasteiger partial charge in [-0.1, -0.05) is 17.7 Å². The van der Waals surface area contributed by atoms with E-state index in [1.54, 1.807) is 11.7 Å². The number of nitrogens with two attached hydrogens (primary N) is 1. The summed E-state index contributed by atoms with van der Waals surface area (Å²) in [5, 5.41) is 7.20. The third kappa shape index (κ3) is 2.20. The molecule has 0 saturated heterocycles. The highest BCUT2D eigenvalue weighted by molar-refractivity contribution is 5.99. The molecule has 1 heterocycles. The predicted molar refractivity (Wildman–Crippen MR) is 78.3 cm³/mol. The fourth-order valence-corrected chi connectivity index (χ4v) is 2.14. The average Bonchev–Trinajstić information content (AvgIpc) is 2.75. The van der Waals surface area contributed by atoms with Gasteiger partial charge in [0.05, 0.1) is 12.8 Å². The van der Waals surface area contributed by atoms with Crippen LogP contribution in [0.15, 0.2) is 18.2 Å². The molecule has 2 aromatic rings. The highest BCUT2D eigenvalue weighted by Gasteiger charge is 2.23. The van der Waals surface area contributed by atoms with Crippen LogP contribution in [0.2, 0.25) is 0 Å². The summed E-state index contributed by atoms with van der Waals surface area (Å²) in [7, 11) is 3.00. The molecule has 6 heteroatoms. The highest BCUT2D eigenvalue weighted by Crippen LogP contribution is 2.27. The first-order valence-electron chi connectivity index (χ1n) is 6.21. The number of nitrogen functional groups attached to an aromatic ring is 1. The van der Waals surface area contributed by atoms with Gasteiger partial charge in [0.25, 0.3) is 0 Å². The Labute approximate surface area is 117 Å². The van der Waals surface area contributed by atoms with Crippen LogP contribution >= 0.6 is 0 Å². The van der Waals surface area contributed by atoms with Crippen molar-refractivity contribution >= 4 is 17.6 Å². The molecular formula is C14H18N4O2. The number of aromatic nitrogens is 2. The Hall–Kier alpha value is -2.50. The van der Waals surface area contributed by atoms with Gasteiger partial charge in [-0.15, -0.1) is 5.10 Å². The summed E-state index contributed by atoms with van der Waals surface area (Å²) >= 11 is 0. The smallest absolute Gasteiger partial charge is 0.345 e. The van der Waals surface area contributed by atoms with Crippen LogP contribution in [0.3, 0.4) is 0 Å². The number of aryl methyl sites for hydroxylation is 2. The van der Waals surface area contributed by atoms with E-state index in [-0.39, 0.29) is 11.4 Å². The Morgan fingerprint density at radius 2 is 2.10 bits per heavy atom. The largest absolute Gasteiger partial charge is 0.465 e. The molecule has 0 spiro atoms. The molecule has 1 aromatic heterocycles. The van der Waals surface area contributed by atoms with E-state index < -0.39 is 5.97 Å². The Morgan fingerprint density at radius 1 is 1.40 bits per heavy atom. The van der Waals surface area contributed by atoms with Gasteiger partial charge in [0, 0.05) is 7.05 Å². The van der Waals surface area contributed by atoms with Crippen LogP contribution in [0.5, 0.6) is 0 Å². The first kappa shape index (κ1) is 13.9. The third-order valence-corrected chi connectivity index (χ3v) is 3.13. The fraction of sp³-hybridized carbons (Fsp3) is 0.286. The van der Waals surface area contributed by atoms with Crippen LogP contribution in [-0.2, 0) is 4.74 Å². The van der Waals surface area contributed by atoms with Gasteiger partial charge in [0.1, 0.15) is 11.4 Å². The number of carbonyl (C=O) groups is 1. The monoisotopic (exact) mass is 274 g/mol. The number of nitrogens with one attached hydrogen (secondary N) is 1. The van der Waals surface area contributed by atoms with Crippen LogP contribution < -0.4 is 11.1 Å². The normalized spacial score (nSPS) is 10.4. The van der Waals surface area contributed by atoms with Gasteiger partial charge in [-0.2, -0.15) is 0 Å². The van der Waals surface area contributed by atoms with Crippen molar-refractivity contribution in [1.29, 1.82) is 0 Å². The molecule has 1 aromatic carbocycles. The number of rotatable bonds is 3. The van der Waals surface area contributed by atoms with Crippen LogP contribution in [0.1, 0.15) is 21.5 Å². The molecule has 0 radical (unpaired) electrons. The Balaban J connectivity index is 2.64. The molecule has 0 bridgehead atoms. The number of hydrogen-bond donors (Lipinski definition) is 2. The second-order valence-corrected chi connectivity index (χ2v) is 4.55. The van der Waals surface area contributed by atoms with Gasteiger partial charge in [-0.25, -0.2) is 9.48 Å². The summed E-state index contributed by atoms with van der Waals surface area (Å²) < 4.78 is 6.29. The lowest BCUT2D eigenvalue weighted by Crippen LogP contribution is -2.08. The van der Waals surface area contributed by atoms with Crippen molar-refractivity contribution in [3.63, 3.8) is 0 Å². The quantitative estimate of drug-likeness (QED) is 0.835. The number of benzene rings is 1. The number of ether oxygens (including phenoxy) is 1. The minimum Gasteiger partial charge on any atom is -0.465 e. The lowest BCUT2D eigenvalue weighted by molar-refractivity contribution is 0.0603. The summed E-state index contributed by atoms with van der Waals surface area (Å²) in [4.78, 5) is 11.8. The zero-order valence-corrected chi connectivity index (χ0v) is 12.0. The van der Waals surface area contributed by atoms with Crippen molar-refractivity contribution in [3.8, 4) is 5.69 Å². The molecule has 3 N–H and O–H groups in total. The molecule has 0 aliphatic carbocycles. The maximum absolute atomic E-state index is 11.8. The van der Waals surface area contributed by atoms with E-state index in [2.05, 4.69) is 10.4 Å². The maximum Gasteiger partial charge on any atom is 0.345 e. The minimum absolute atomic E-state index is 0.245. The molecule has 0 fully saturated rings. The number of esters is 1. The van der Waals surface area contributed by atoms with E-state index in [1.807, 2.05) is 32.0 Å². The number of anilines is 2. The van der Waals surface area contributed by atoms with Crippen molar-refractivity contribution in [2.45, 2.75) is 13.8 Å². The van der Waals surface area contributed by atoms with Crippen molar-refractivity contribution < 1.29 is 9.53 Å². The second-order valence-electron chi connectivity index (χ2n) is 4.55. The zero-order chi connectivity index (χ0) is 14.9. The third-order valence-electron chi connectivity index (χ3n) is 3.13. The van der Waals surface area contributed by atoms with Gasteiger partial charge in [0.2, 0.25) is 0 Å². The van der Waals surface area contributed by atoms with E-state index in [4.69, 9.17) is 10.5 Å². The van der Waals surface area contributed by atoms with E-state index in [0.29, 0.717) is 5.82 Å².